The highest BCUT2D eigenvalue weighted by Crippen LogP contribution is 2.19. The molecular weight excluding hydrogens is 236 g/mol. The Labute approximate surface area is 108 Å². The second-order valence-corrected chi connectivity index (χ2v) is 5.30. The zero-order chi connectivity index (χ0) is 14.3. The minimum Gasteiger partial charge on any atom is -0.480 e. The Balaban J connectivity index is 4.71. The van der Waals surface area contributed by atoms with Gasteiger partial charge in [0.2, 0.25) is 0 Å². The van der Waals surface area contributed by atoms with Gasteiger partial charge < -0.3 is 20.4 Å². The van der Waals surface area contributed by atoms with Crippen LogP contribution in [0.3, 0.4) is 0 Å². The highest BCUT2D eigenvalue weighted by molar-refractivity contribution is 5.83. The summed E-state index contributed by atoms with van der Waals surface area (Å²) in [6.07, 6.45) is 0.751. The van der Waals surface area contributed by atoms with Gasteiger partial charge in [0.25, 0.3) is 0 Å². The summed E-state index contributed by atoms with van der Waals surface area (Å²) in [5.74, 6) is -1.06. The topological polar surface area (TPSA) is 89.9 Å². The van der Waals surface area contributed by atoms with Crippen molar-refractivity contribution in [1.82, 2.24) is 10.2 Å². The normalized spacial score (nSPS) is 12.9. The number of carboxylic acid groups (broad SMARTS) is 1. The summed E-state index contributed by atoms with van der Waals surface area (Å²) in [5.41, 5.74) is -0.571. The quantitative estimate of drug-likeness (QED) is 0.662. The van der Waals surface area contributed by atoms with Gasteiger partial charge in [-0.05, 0) is 11.8 Å². The number of carboxylic acids is 1. The van der Waals surface area contributed by atoms with E-state index in [4.69, 9.17) is 10.2 Å². The molecule has 0 spiro atoms. The summed E-state index contributed by atoms with van der Waals surface area (Å²) in [7, 11) is 0. The first kappa shape index (κ1) is 16.7. The molecule has 0 aliphatic rings. The van der Waals surface area contributed by atoms with E-state index >= 15 is 0 Å². The van der Waals surface area contributed by atoms with Crippen molar-refractivity contribution in [3.05, 3.63) is 0 Å². The highest BCUT2D eigenvalue weighted by atomic mass is 16.4. The monoisotopic (exact) mass is 260 g/mol. The van der Waals surface area contributed by atoms with Crippen molar-refractivity contribution >= 4 is 12.0 Å². The van der Waals surface area contributed by atoms with E-state index in [-0.39, 0.29) is 13.2 Å². The SMILES string of the molecule is CCCN(CCO)C(=O)N[C@@H](C(=O)O)C(C)(C)C. The molecule has 0 aromatic heterocycles. The molecule has 1 atom stereocenters. The fraction of sp³-hybridized carbons (Fsp3) is 0.833. The molecule has 0 rings (SSSR count). The van der Waals surface area contributed by atoms with E-state index in [2.05, 4.69) is 5.32 Å². The molecule has 0 bridgehead atoms. The smallest absolute Gasteiger partial charge is 0.326 e. The number of carbonyl (C=O) groups is 2. The van der Waals surface area contributed by atoms with Crippen LogP contribution in [-0.2, 0) is 4.79 Å². The molecular formula is C12H24N2O4. The maximum absolute atomic E-state index is 11.9. The Hall–Kier alpha value is -1.30. The lowest BCUT2D eigenvalue weighted by Crippen LogP contribution is -2.53. The third-order valence-corrected chi connectivity index (χ3v) is 2.53. The predicted molar refractivity (Wildman–Crippen MR) is 68.4 cm³/mol. The fourth-order valence-corrected chi connectivity index (χ4v) is 1.57. The molecule has 0 unspecified atom stereocenters. The molecule has 0 saturated carbocycles. The third-order valence-electron chi connectivity index (χ3n) is 2.53. The van der Waals surface area contributed by atoms with Crippen LogP contribution < -0.4 is 5.32 Å². The fourth-order valence-electron chi connectivity index (χ4n) is 1.57. The van der Waals surface area contributed by atoms with Crippen LogP contribution in [0.4, 0.5) is 4.79 Å². The first-order valence-corrected chi connectivity index (χ1v) is 6.13. The molecule has 0 fully saturated rings. The molecule has 6 nitrogen and oxygen atoms in total. The van der Waals surface area contributed by atoms with Crippen molar-refractivity contribution < 1.29 is 19.8 Å². The van der Waals surface area contributed by atoms with E-state index in [9.17, 15) is 9.59 Å². The van der Waals surface area contributed by atoms with Crippen molar-refractivity contribution in [2.45, 2.75) is 40.2 Å². The number of hydrogen-bond acceptors (Lipinski definition) is 3. The minimum absolute atomic E-state index is 0.138. The maximum atomic E-state index is 11.9. The van der Waals surface area contributed by atoms with Crippen LogP contribution in [0.5, 0.6) is 0 Å². The summed E-state index contributed by atoms with van der Waals surface area (Å²) in [4.78, 5) is 24.5. The number of aliphatic hydroxyl groups is 1. The number of carbonyl (C=O) groups excluding carboxylic acids is 1. The summed E-state index contributed by atoms with van der Waals surface area (Å²) in [6.45, 7) is 7.72. The number of aliphatic hydroxyl groups excluding tert-OH is 1. The molecule has 0 radical (unpaired) electrons. The minimum atomic E-state index is -1.06. The van der Waals surface area contributed by atoms with Crippen molar-refractivity contribution in [3.8, 4) is 0 Å². The van der Waals surface area contributed by atoms with Gasteiger partial charge in [-0.1, -0.05) is 27.7 Å². The Morgan fingerprint density at radius 2 is 1.83 bits per heavy atom. The molecule has 0 aliphatic carbocycles. The number of nitrogens with one attached hydrogen (secondary N) is 1. The Morgan fingerprint density at radius 3 is 2.17 bits per heavy atom. The van der Waals surface area contributed by atoms with Crippen LogP contribution in [0.25, 0.3) is 0 Å². The third kappa shape index (κ3) is 5.35. The lowest BCUT2D eigenvalue weighted by molar-refractivity contribution is -0.142. The average molecular weight is 260 g/mol. The first-order valence-electron chi connectivity index (χ1n) is 6.13. The Kier molecular flexibility index (Phi) is 6.68. The maximum Gasteiger partial charge on any atom is 0.326 e. The highest BCUT2D eigenvalue weighted by Gasteiger charge is 2.33. The zero-order valence-electron chi connectivity index (χ0n) is 11.6. The number of urea groups is 1. The van der Waals surface area contributed by atoms with E-state index in [0.29, 0.717) is 6.54 Å². The number of hydrogen-bond donors (Lipinski definition) is 3. The molecule has 2 amide bonds. The predicted octanol–water partition coefficient (Wildman–Crippen LogP) is 0.900. The Morgan fingerprint density at radius 1 is 1.28 bits per heavy atom. The number of nitrogens with zero attached hydrogens (tertiary/aromatic N) is 1. The van der Waals surface area contributed by atoms with Gasteiger partial charge in [0, 0.05) is 13.1 Å². The van der Waals surface area contributed by atoms with Gasteiger partial charge in [-0.25, -0.2) is 9.59 Å². The summed E-state index contributed by atoms with van der Waals surface area (Å²) >= 11 is 0. The van der Waals surface area contributed by atoms with Crippen LogP contribution in [0, 0.1) is 5.41 Å². The van der Waals surface area contributed by atoms with E-state index in [1.54, 1.807) is 20.8 Å². The van der Waals surface area contributed by atoms with Crippen molar-refractivity contribution in [2.24, 2.45) is 5.41 Å². The standard InChI is InChI=1S/C12H24N2O4/c1-5-6-14(7-8-15)11(18)13-9(10(16)17)12(2,3)4/h9,15H,5-8H2,1-4H3,(H,13,18)(H,16,17)/t9-/m0/s1. The van der Waals surface area contributed by atoms with Crippen LogP contribution >= 0.6 is 0 Å². The molecule has 0 aliphatic heterocycles. The van der Waals surface area contributed by atoms with Crippen molar-refractivity contribution in [2.75, 3.05) is 19.7 Å². The molecule has 18 heavy (non-hydrogen) atoms. The van der Waals surface area contributed by atoms with Gasteiger partial charge in [-0.3, -0.25) is 0 Å². The van der Waals surface area contributed by atoms with E-state index < -0.39 is 23.5 Å². The van der Waals surface area contributed by atoms with Crippen LogP contribution in [0.15, 0.2) is 0 Å². The van der Waals surface area contributed by atoms with Gasteiger partial charge in [0.1, 0.15) is 6.04 Å². The molecule has 3 N–H and O–H groups in total. The van der Waals surface area contributed by atoms with Gasteiger partial charge in [0.05, 0.1) is 6.61 Å². The summed E-state index contributed by atoms with van der Waals surface area (Å²) in [6, 6.07) is -1.41. The molecule has 6 heteroatoms. The number of amides is 2. The summed E-state index contributed by atoms with van der Waals surface area (Å²) in [5, 5.41) is 20.5. The number of aliphatic carboxylic acids is 1. The van der Waals surface area contributed by atoms with Gasteiger partial charge in [0.15, 0.2) is 0 Å². The van der Waals surface area contributed by atoms with Crippen molar-refractivity contribution in [1.29, 1.82) is 0 Å². The van der Waals surface area contributed by atoms with Crippen LogP contribution in [0.1, 0.15) is 34.1 Å². The first-order chi connectivity index (χ1) is 8.23. The van der Waals surface area contributed by atoms with Gasteiger partial charge >= 0.3 is 12.0 Å². The van der Waals surface area contributed by atoms with Gasteiger partial charge in [-0.15, -0.1) is 0 Å². The molecule has 0 saturated heterocycles. The summed E-state index contributed by atoms with van der Waals surface area (Å²) < 4.78 is 0. The second-order valence-electron chi connectivity index (χ2n) is 5.30. The van der Waals surface area contributed by atoms with E-state index in [0.717, 1.165) is 6.42 Å². The molecule has 0 aromatic carbocycles. The number of rotatable bonds is 6. The second kappa shape index (κ2) is 7.20. The molecule has 0 heterocycles. The molecule has 106 valence electrons. The van der Waals surface area contributed by atoms with Crippen LogP contribution in [0.2, 0.25) is 0 Å². The lowest BCUT2D eigenvalue weighted by atomic mass is 9.87. The largest absolute Gasteiger partial charge is 0.480 e. The molecule has 0 aromatic rings. The van der Waals surface area contributed by atoms with E-state index in [1.165, 1.54) is 4.90 Å². The van der Waals surface area contributed by atoms with Crippen LogP contribution in [-0.4, -0.2) is 52.9 Å². The van der Waals surface area contributed by atoms with Gasteiger partial charge in [-0.2, -0.15) is 0 Å². The van der Waals surface area contributed by atoms with Crippen molar-refractivity contribution in [3.63, 3.8) is 0 Å². The zero-order valence-corrected chi connectivity index (χ0v) is 11.6. The lowest BCUT2D eigenvalue weighted by Gasteiger charge is -2.30. The van der Waals surface area contributed by atoms with E-state index in [1.807, 2.05) is 6.92 Å². The average Bonchev–Trinajstić information content (AvgIpc) is 2.23. The Bertz CT molecular complexity index is 280.